The Morgan fingerprint density at radius 2 is 2.22 bits per heavy atom. The van der Waals surface area contributed by atoms with E-state index in [1.807, 2.05) is 36.6 Å². The fraction of sp³-hybridized carbons (Fsp3) is 0.357. The van der Waals surface area contributed by atoms with Gasteiger partial charge in [0.15, 0.2) is 0 Å². The van der Waals surface area contributed by atoms with E-state index >= 15 is 0 Å². The van der Waals surface area contributed by atoms with Gasteiger partial charge in [-0.15, -0.1) is 11.3 Å². The molecule has 0 bridgehead atoms. The van der Waals surface area contributed by atoms with Crippen LogP contribution in [-0.4, -0.2) is 35.1 Å². The van der Waals surface area contributed by atoms with Crippen LogP contribution in [0, 0.1) is 0 Å². The normalized spacial score (nSPS) is 12.6. The minimum Gasteiger partial charge on any atom is -0.392 e. The van der Waals surface area contributed by atoms with Gasteiger partial charge in [0.2, 0.25) is 0 Å². The molecule has 96 valence electrons. The van der Waals surface area contributed by atoms with Crippen molar-refractivity contribution >= 4 is 27.3 Å². The van der Waals surface area contributed by atoms with Crippen LogP contribution in [0.25, 0.3) is 10.1 Å². The third kappa shape index (κ3) is 2.71. The van der Waals surface area contributed by atoms with Crippen molar-refractivity contribution in [1.82, 2.24) is 4.90 Å². The Morgan fingerprint density at radius 1 is 1.44 bits per heavy atom. The summed E-state index contributed by atoms with van der Waals surface area (Å²) in [4.78, 5) is 14.0. The Labute approximate surface area is 111 Å². The summed E-state index contributed by atoms with van der Waals surface area (Å²) >= 11 is 1.67. The summed E-state index contributed by atoms with van der Waals surface area (Å²) in [5.41, 5.74) is 0.684. The molecule has 2 rings (SSSR count). The predicted octanol–water partition coefficient (Wildman–Crippen LogP) is 2.74. The summed E-state index contributed by atoms with van der Waals surface area (Å²) in [5.74, 6) is -0.0218. The van der Waals surface area contributed by atoms with Crippen LogP contribution < -0.4 is 0 Å². The monoisotopic (exact) mass is 263 g/mol. The number of fused-ring (bicyclic) bond motifs is 1. The molecule has 0 saturated carbocycles. The second-order valence-electron chi connectivity index (χ2n) is 4.37. The third-order valence-electron chi connectivity index (χ3n) is 2.85. The van der Waals surface area contributed by atoms with Gasteiger partial charge in [-0.2, -0.15) is 0 Å². The van der Waals surface area contributed by atoms with Crippen LogP contribution >= 0.6 is 11.3 Å². The maximum atomic E-state index is 12.3. The summed E-state index contributed by atoms with van der Waals surface area (Å²) in [6.07, 6.45) is -0.501. The molecule has 2 aromatic rings. The van der Waals surface area contributed by atoms with E-state index in [-0.39, 0.29) is 5.91 Å². The van der Waals surface area contributed by atoms with Crippen LogP contribution in [-0.2, 0) is 0 Å². The van der Waals surface area contributed by atoms with Crippen molar-refractivity contribution in [1.29, 1.82) is 0 Å². The highest BCUT2D eigenvalue weighted by atomic mass is 32.1. The lowest BCUT2D eigenvalue weighted by Crippen LogP contribution is -2.36. The first-order chi connectivity index (χ1) is 8.61. The zero-order chi connectivity index (χ0) is 13.1. The summed E-state index contributed by atoms with van der Waals surface area (Å²) in [7, 11) is 0. The molecule has 0 aliphatic carbocycles. The summed E-state index contributed by atoms with van der Waals surface area (Å²) in [5, 5.41) is 12.5. The Kier molecular flexibility index (Phi) is 3.99. The first-order valence-corrected chi connectivity index (χ1v) is 6.94. The molecule has 1 aromatic heterocycles. The fourth-order valence-electron chi connectivity index (χ4n) is 1.96. The number of hydrogen-bond acceptors (Lipinski definition) is 3. The van der Waals surface area contributed by atoms with E-state index in [2.05, 4.69) is 0 Å². The van der Waals surface area contributed by atoms with E-state index in [0.717, 1.165) is 5.39 Å². The number of carbonyl (C=O) groups is 1. The van der Waals surface area contributed by atoms with Gasteiger partial charge in [-0.05, 0) is 48.9 Å². The molecule has 1 N–H and O–H groups in total. The molecule has 0 aliphatic heterocycles. The van der Waals surface area contributed by atoms with Gasteiger partial charge in [-0.3, -0.25) is 4.79 Å². The van der Waals surface area contributed by atoms with Crippen molar-refractivity contribution < 1.29 is 9.90 Å². The van der Waals surface area contributed by atoms with Crippen molar-refractivity contribution in [2.24, 2.45) is 0 Å². The quantitative estimate of drug-likeness (QED) is 0.921. The lowest BCUT2D eigenvalue weighted by atomic mass is 10.1. The van der Waals surface area contributed by atoms with Gasteiger partial charge in [-0.25, -0.2) is 0 Å². The standard InChI is InChI=1S/C14H17NO2S/c1-3-15(9-10(2)16)14(17)12-4-5-13-11(8-12)6-7-18-13/h4-8,10,16H,3,9H2,1-2H3/t10-/m1/s1. The van der Waals surface area contributed by atoms with E-state index < -0.39 is 6.10 Å². The number of hydrogen-bond donors (Lipinski definition) is 1. The molecule has 0 fully saturated rings. The lowest BCUT2D eigenvalue weighted by Gasteiger charge is -2.22. The number of amides is 1. The number of likely N-dealkylation sites (N-methyl/N-ethyl adjacent to an activating group) is 1. The van der Waals surface area contributed by atoms with Gasteiger partial charge >= 0.3 is 0 Å². The summed E-state index contributed by atoms with van der Waals surface area (Å²) in [6, 6.07) is 7.76. The second-order valence-corrected chi connectivity index (χ2v) is 5.31. The molecular formula is C14H17NO2S. The average Bonchev–Trinajstić information content (AvgIpc) is 2.81. The number of rotatable bonds is 4. The SMILES string of the molecule is CCN(C[C@@H](C)O)C(=O)c1ccc2sccc2c1. The second kappa shape index (κ2) is 5.50. The number of nitrogens with zero attached hydrogens (tertiary/aromatic N) is 1. The van der Waals surface area contributed by atoms with Crippen molar-refractivity contribution in [3.05, 3.63) is 35.2 Å². The molecule has 0 unspecified atom stereocenters. The van der Waals surface area contributed by atoms with Crippen LogP contribution in [0.5, 0.6) is 0 Å². The zero-order valence-electron chi connectivity index (χ0n) is 10.6. The summed E-state index contributed by atoms with van der Waals surface area (Å²) in [6.45, 7) is 4.59. The number of benzene rings is 1. The van der Waals surface area contributed by atoms with E-state index in [0.29, 0.717) is 18.7 Å². The lowest BCUT2D eigenvalue weighted by molar-refractivity contribution is 0.0660. The molecule has 1 amide bonds. The van der Waals surface area contributed by atoms with E-state index in [4.69, 9.17) is 0 Å². The highest BCUT2D eigenvalue weighted by molar-refractivity contribution is 7.17. The molecule has 0 aliphatic rings. The van der Waals surface area contributed by atoms with Crippen molar-refractivity contribution in [3.63, 3.8) is 0 Å². The Balaban J connectivity index is 2.25. The fourth-order valence-corrected chi connectivity index (χ4v) is 2.73. The van der Waals surface area contributed by atoms with Crippen LogP contribution in [0.3, 0.4) is 0 Å². The van der Waals surface area contributed by atoms with Gasteiger partial charge in [0.1, 0.15) is 0 Å². The number of carbonyl (C=O) groups excluding carboxylic acids is 1. The molecule has 1 aromatic carbocycles. The van der Waals surface area contributed by atoms with E-state index in [9.17, 15) is 9.90 Å². The van der Waals surface area contributed by atoms with Crippen LogP contribution in [0.4, 0.5) is 0 Å². The van der Waals surface area contributed by atoms with Crippen molar-refractivity contribution in [2.75, 3.05) is 13.1 Å². The van der Waals surface area contributed by atoms with Gasteiger partial charge in [0.25, 0.3) is 5.91 Å². The first kappa shape index (κ1) is 13.1. The maximum Gasteiger partial charge on any atom is 0.253 e. The average molecular weight is 263 g/mol. The number of thiophene rings is 1. The molecule has 3 nitrogen and oxygen atoms in total. The molecule has 4 heteroatoms. The third-order valence-corrected chi connectivity index (χ3v) is 3.75. The Morgan fingerprint density at radius 3 is 2.89 bits per heavy atom. The van der Waals surface area contributed by atoms with Crippen molar-refractivity contribution in [3.8, 4) is 0 Å². The topological polar surface area (TPSA) is 40.5 Å². The van der Waals surface area contributed by atoms with Gasteiger partial charge < -0.3 is 10.0 Å². The zero-order valence-corrected chi connectivity index (χ0v) is 11.4. The highest BCUT2D eigenvalue weighted by Gasteiger charge is 2.16. The first-order valence-electron chi connectivity index (χ1n) is 6.06. The van der Waals surface area contributed by atoms with Gasteiger partial charge in [0, 0.05) is 23.4 Å². The number of aliphatic hydroxyl groups excluding tert-OH is 1. The largest absolute Gasteiger partial charge is 0.392 e. The maximum absolute atomic E-state index is 12.3. The molecule has 0 saturated heterocycles. The van der Waals surface area contributed by atoms with Crippen LogP contribution in [0.1, 0.15) is 24.2 Å². The molecular weight excluding hydrogens is 246 g/mol. The van der Waals surface area contributed by atoms with Crippen LogP contribution in [0.15, 0.2) is 29.6 Å². The Hall–Kier alpha value is -1.39. The van der Waals surface area contributed by atoms with Gasteiger partial charge in [0.05, 0.1) is 6.10 Å². The molecule has 1 heterocycles. The molecule has 0 radical (unpaired) electrons. The van der Waals surface area contributed by atoms with Crippen LogP contribution in [0.2, 0.25) is 0 Å². The Bertz CT molecular complexity index is 547. The predicted molar refractivity (Wildman–Crippen MR) is 75.1 cm³/mol. The molecule has 0 spiro atoms. The van der Waals surface area contributed by atoms with E-state index in [1.54, 1.807) is 23.2 Å². The van der Waals surface area contributed by atoms with Gasteiger partial charge in [-0.1, -0.05) is 0 Å². The number of aliphatic hydroxyl groups is 1. The van der Waals surface area contributed by atoms with E-state index in [1.165, 1.54) is 4.70 Å². The van der Waals surface area contributed by atoms with Crippen molar-refractivity contribution in [2.45, 2.75) is 20.0 Å². The minimum atomic E-state index is -0.501. The molecule has 18 heavy (non-hydrogen) atoms. The smallest absolute Gasteiger partial charge is 0.253 e. The summed E-state index contributed by atoms with van der Waals surface area (Å²) < 4.78 is 1.19. The highest BCUT2D eigenvalue weighted by Crippen LogP contribution is 2.22. The molecule has 1 atom stereocenters. The minimum absolute atomic E-state index is 0.0218.